The maximum atomic E-state index is 11.3. The molecule has 1 heterocycles. The summed E-state index contributed by atoms with van der Waals surface area (Å²) in [6.07, 6.45) is 2.12. The zero-order valence-corrected chi connectivity index (χ0v) is 9.12. The van der Waals surface area contributed by atoms with Gasteiger partial charge >= 0.3 is 0 Å². The molecule has 1 aromatic rings. The lowest BCUT2D eigenvalue weighted by atomic mass is 10.4. The van der Waals surface area contributed by atoms with Gasteiger partial charge in [0, 0.05) is 12.6 Å². The highest BCUT2D eigenvalue weighted by molar-refractivity contribution is 6.29. The first-order valence-electron chi connectivity index (χ1n) is 4.62. The predicted molar refractivity (Wildman–Crippen MR) is 56.8 cm³/mol. The molecule has 1 amide bonds. The van der Waals surface area contributed by atoms with Crippen LogP contribution in [0.5, 0.6) is 0 Å². The van der Waals surface area contributed by atoms with E-state index in [9.17, 15) is 9.59 Å². The first-order chi connectivity index (χ1) is 7.13. The van der Waals surface area contributed by atoms with Crippen LogP contribution >= 0.6 is 11.6 Å². The van der Waals surface area contributed by atoms with Crippen molar-refractivity contribution in [2.45, 2.75) is 19.9 Å². The Kier molecular flexibility index (Phi) is 4.30. The van der Waals surface area contributed by atoms with Crippen molar-refractivity contribution in [3.8, 4) is 0 Å². The summed E-state index contributed by atoms with van der Waals surface area (Å²) in [4.78, 5) is 26.3. The zero-order valence-electron chi connectivity index (χ0n) is 8.36. The highest BCUT2D eigenvalue weighted by Crippen LogP contribution is 1.96. The molecular weight excluding hydrogens is 218 g/mol. The van der Waals surface area contributed by atoms with Crippen LogP contribution in [0.1, 0.15) is 13.3 Å². The normalized spacial score (nSPS) is 10.0. The lowest BCUT2D eigenvalue weighted by Crippen LogP contribution is -2.32. The first kappa shape index (κ1) is 11.7. The average Bonchev–Trinajstić information content (AvgIpc) is 2.19. The largest absolute Gasteiger partial charge is 0.355 e. The van der Waals surface area contributed by atoms with E-state index in [1.807, 2.05) is 6.92 Å². The van der Waals surface area contributed by atoms with Gasteiger partial charge in [0.25, 0.3) is 5.56 Å². The Balaban J connectivity index is 2.65. The fourth-order valence-corrected chi connectivity index (χ4v) is 1.13. The van der Waals surface area contributed by atoms with E-state index in [1.165, 1.54) is 17.0 Å². The van der Waals surface area contributed by atoms with Crippen LogP contribution in [0.25, 0.3) is 0 Å². The van der Waals surface area contributed by atoms with E-state index in [1.54, 1.807) is 0 Å². The quantitative estimate of drug-likeness (QED) is 0.762. The van der Waals surface area contributed by atoms with Crippen LogP contribution in [0, 0.1) is 0 Å². The van der Waals surface area contributed by atoms with Crippen LogP contribution in [0.2, 0.25) is 5.15 Å². The number of aromatic nitrogens is 2. The first-order valence-corrected chi connectivity index (χ1v) is 5.00. The SMILES string of the molecule is CCCNC(=O)Cn1cnc(Cl)cc1=O. The summed E-state index contributed by atoms with van der Waals surface area (Å²) < 4.78 is 1.21. The monoisotopic (exact) mass is 229 g/mol. The van der Waals surface area contributed by atoms with E-state index < -0.39 is 0 Å². The standard InChI is InChI=1S/C9H12ClN3O2/c1-2-3-11-8(14)5-13-6-12-7(10)4-9(13)15/h4,6H,2-3,5H2,1H3,(H,11,14). The van der Waals surface area contributed by atoms with Crippen molar-refractivity contribution in [1.82, 2.24) is 14.9 Å². The molecule has 15 heavy (non-hydrogen) atoms. The number of hydrogen-bond acceptors (Lipinski definition) is 3. The molecule has 0 atom stereocenters. The van der Waals surface area contributed by atoms with Crippen LogP contribution in [0.4, 0.5) is 0 Å². The molecule has 0 radical (unpaired) electrons. The Bertz CT molecular complexity index is 403. The number of hydrogen-bond donors (Lipinski definition) is 1. The van der Waals surface area contributed by atoms with E-state index >= 15 is 0 Å². The number of amides is 1. The van der Waals surface area contributed by atoms with Crippen LogP contribution in [0.15, 0.2) is 17.2 Å². The molecule has 0 aliphatic rings. The van der Waals surface area contributed by atoms with Crippen LogP contribution in [-0.4, -0.2) is 22.0 Å². The minimum Gasteiger partial charge on any atom is -0.355 e. The minimum absolute atomic E-state index is 0.0248. The lowest BCUT2D eigenvalue weighted by Gasteiger charge is -2.05. The molecule has 0 aromatic carbocycles. The van der Waals surface area contributed by atoms with E-state index in [-0.39, 0.29) is 23.2 Å². The predicted octanol–water partition coefficient (Wildman–Crippen LogP) is 0.423. The van der Waals surface area contributed by atoms with Gasteiger partial charge < -0.3 is 5.32 Å². The van der Waals surface area contributed by atoms with Gasteiger partial charge in [0.15, 0.2) is 0 Å². The third-order valence-corrected chi connectivity index (χ3v) is 1.94. The number of nitrogens with one attached hydrogen (secondary N) is 1. The summed E-state index contributed by atoms with van der Waals surface area (Å²) in [6.45, 7) is 2.54. The van der Waals surface area contributed by atoms with Crippen molar-refractivity contribution < 1.29 is 4.79 Å². The lowest BCUT2D eigenvalue weighted by molar-refractivity contribution is -0.121. The van der Waals surface area contributed by atoms with Crippen LogP contribution in [-0.2, 0) is 11.3 Å². The molecule has 0 fully saturated rings. The van der Waals surface area contributed by atoms with Crippen molar-refractivity contribution >= 4 is 17.5 Å². The Morgan fingerprint density at radius 1 is 1.67 bits per heavy atom. The van der Waals surface area contributed by atoms with Gasteiger partial charge in [0.1, 0.15) is 11.7 Å². The van der Waals surface area contributed by atoms with Gasteiger partial charge in [-0.1, -0.05) is 18.5 Å². The number of rotatable bonds is 4. The molecular formula is C9H12ClN3O2. The van der Waals surface area contributed by atoms with E-state index in [0.717, 1.165) is 6.42 Å². The van der Waals surface area contributed by atoms with Crippen molar-refractivity contribution in [3.05, 3.63) is 27.9 Å². The topological polar surface area (TPSA) is 64.0 Å². The van der Waals surface area contributed by atoms with Crippen LogP contribution in [0.3, 0.4) is 0 Å². The van der Waals surface area contributed by atoms with Crippen LogP contribution < -0.4 is 10.9 Å². The molecule has 0 bridgehead atoms. The van der Waals surface area contributed by atoms with Crippen molar-refractivity contribution in [2.24, 2.45) is 0 Å². The molecule has 1 N–H and O–H groups in total. The Morgan fingerprint density at radius 2 is 2.40 bits per heavy atom. The fourth-order valence-electron chi connectivity index (χ4n) is 0.998. The van der Waals surface area contributed by atoms with Gasteiger partial charge in [0.05, 0.1) is 6.33 Å². The third kappa shape index (κ3) is 3.71. The third-order valence-electron chi connectivity index (χ3n) is 1.73. The van der Waals surface area contributed by atoms with Gasteiger partial charge in [-0.2, -0.15) is 0 Å². The molecule has 5 nitrogen and oxygen atoms in total. The molecule has 1 aromatic heterocycles. The minimum atomic E-state index is -0.332. The van der Waals surface area contributed by atoms with E-state index in [4.69, 9.17) is 11.6 Å². The number of carbonyl (C=O) groups excluding carboxylic acids is 1. The second kappa shape index (κ2) is 5.50. The van der Waals surface area contributed by atoms with Gasteiger partial charge in [-0.15, -0.1) is 0 Å². The molecule has 0 aliphatic heterocycles. The summed E-state index contributed by atoms with van der Waals surface area (Å²) in [5, 5.41) is 2.79. The maximum Gasteiger partial charge on any atom is 0.255 e. The van der Waals surface area contributed by atoms with Gasteiger partial charge in [0.2, 0.25) is 5.91 Å². The summed E-state index contributed by atoms with van der Waals surface area (Å²) in [5.74, 6) is -0.205. The molecule has 6 heteroatoms. The summed E-state index contributed by atoms with van der Waals surface area (Å²) in [7, 11) is 0. The molecule has 0 saturated heterocycles. The average molecular weight is 230 g/mol. The highest BCUT2D eigenvalue weighted by Gasteiger charge is 2.03. The number of carbonyl (C=O) groups is 1. The molecule has 0 spiro atoms. The highest BCUT2D eigenvalue weighted by atomic mass is 35.5. The van der Waals surface area contributed by atoms with Crippen molar-refractivity contribution in [1.29, 1.82) is 0 Å². The van der Waals surface area contributed by atoms with E-state index in [2.05, 4.69) is 10.3 Å². The number of halogens is 1. The molecule has 0 saturated carbocycles. The molecule has 1 rings (SSSR count). The Morgan fingerprint density at radius 3 is 3.00 bits per heavy atom. The van der Waals surface area contributed by atoms with E-state index in [0.29, 0.717) is 6.54 Å². The summed E-state index contributed by atoms with van der Waals surface area (Å²) in [6, 6.07) is 1.18. The van der Waals surface area contributed by atoms with Gasteiger partial charge in [-0.3, -0.25) is 14.2 Å². The molecule has 82 valence electrons. The van der Waals surface area contributed by atoms with Crippen molar-refractivity contribution in [3.63, 3.8) is 0 Å². The maximum absolute atomic E-state index is 11.3. The molecule has 0 aliphatic carbocycles. The second-order valence-electron chi connectivity index (χ2n) is 3.03. The zero-order chi connectivity index (χ0) is 11.3. The fraction of sp³-hybridized carbons (Fsp3) is 0.444. The Labute approximate surface area is 92.1 Å². The van der Waals surface area contributed by atoms with Gasteiger partial charge in [-0.05, 0) is 6.42 Å². The summed E-state index contributed by atoms with van der Waals surface area (Å²) in [5.41, 5.74) is -0.332. The molecule has 0 unspecified atom stereocenters. The van der Waals surface area contributed by atoms with Gasteiger partial charge in [-0.25, -0.2) is 4.98 Å². The van der Waals surface area contributed by atoms with Crippen molar-refractivity contribution in [2.75, 3.05) is 6.54 Å². The Hall–Kier alpha value is -1.36. The smallest absolute Gasteiger partial charge is 0.255 e. The number of nitrogens with zero attached hydrogens (tertiary/aromatic N) is 2. The summed E-state index contributed by atoms with van der Waals surface area (Å²) >= 11 is 5.51. The second-order valence-corrected chi connectivity index (χ2v) is 3.41.